The van der Waals surface area contributed by atoms with E-state index in [1.165, 1.54) is 12.1 Å². The molecule has 1 aromatic rings. The molecule has 1 aromatic carbocycles. The maximum atomic E-state index is 11.7. The van der Waals surface area contributed by atoms with Gasteiger partial charge in [0.1, 0.15) is 11.4 Å². The van der Waals surface area contributed by atoms with Crippen LogP contribution in [0.2, 0.25) is 5.02 Å². The normalized spacial score (nSPS) is 15.3. The van der Waals surface area contributed by atoms with Gasteiger partial charge >= 0.3 is 0 Å². The van der Waals surface area contributed by atoms with Gasteiger partial charge in [0.15, 0.2) is 0 Å². The van der Waals surface area contributed by atoms with Gasteiger partial charge in [0.05, 0.1) is 18.6 Å². The third kappa shape index (κ3) is 1.76. The molecule has 0 aromatic heterocycles. The van der Waals surface area contributed by atoms with E-state index < -0.39 is 0 Å². The van der Waals surface area contributed by atoms with Crippen LogP contribution in [0.15, 0.2) is 23.3 Å². The molecule has 0 aliphatic carbocycles. The zero-order valence-corrected chi connectivity index (χ0v) is 9.78. The Hall–Kier alpha value is -1.55. The van der Waals surface area contributed by atoms with Gasteiger partial charge in [0.25, 0.3) is 5.91 Å². The largest absolute Gasteiger partial charge is 0.494 e. The molecule has 5 heteroatoms. The lowest BCUT2D eigenvalue weighted by Gasteiger charge is -2.16. The average molecular weight is 239 g/mol. The van der Waals surface area contributed by atoms with Crippen molar-refractivity contribution in [2.24, 2.45) is 5.10 Å². The Morgan fingerprint density at radius 3 is 2.81 bits per heavy atom. The maximum Gasteiger partial charge on any atom is 0.253 e. The van der Waals surface area contributed by atoms with Crippen molar-refractivity contribution in [3.05, 3.63) is 23.2 Å². The fraction of sp³-hybridized carbons (Fsp3) is 0.273. The average Bonchev–Trinajstić information content (AvgIpc) is 2.57. The second-order valence-corrected chi connectivity index (χ2v) is 3.92. The molecule has 0 spiro atoms. The molecule has 1 aliphatic rings. The zero-order valence-electron chi connectivity index (χ0n) is 9.03. The molecule has 1 amide bonds. The Bertz CT molecular complexity index is 471. The zero-order chi connectivity index (χ0) is 11.7. The second kappa shape index (κ2) is 4.14. The first-order chi connectivity index (χ1) is 7.63. The number of para-hydroxylation sites is 1. The number of carbonyl (C=O) groups excluding carboxylic acids is 1. The quantitative estimate of drug-likeness (QED) is 0.794. The lowest BCUT2D eigenvalue weighted by Crippen LogP contribution is -2.20. The molecule has 16 heavy (non-hydrogen) atoms. The molecule has 0 N–H and O–H groups in total. The lowest BCUT2D eigenvalue weighted by molar-refractivity contribution is -0.116. The molecular weight excluding hydrogens is 228 g/mol. The molecule has 0 saturated heterocycles. The minimum Gasteiger partial charge on any atom is -0.494 e. The van der Waals surface area contributed by atoms with E-state index >= 15 is 0 Å². The summed E-state index contributed by atoms with van der Waals surface area (Å²) in [6, 6.07) is 5.22. The highest BCUT2D eigenvalue weighted by molar-refractivity contribution is 6.34. The number of hydrazone groups is 1. The van der Waals surface area contributed by atoms with Gasteiger partial charge in [0.2, 0.25) is 0 Å². The number of hydrogen-bond donors (Lipinski definition) is 0. The number of amides is 1. The van der Waals surface area contributed by atoms with Gasteiger partial charge in [-0.15, -0.1) is 0 Å². The van der Waals surface area contributed by atoms with Crippen LogP contribution in [-0.2, 0) is 4.79 Å². The van der Waals surface area contributed by atoms with Crippen LogP contribution < -0.4 is 9.75 Å². The minimum absolute atomic E-state index is 0.0936. The van der Waals surface area contributed by atoms with Crippen molar-refractivity contribution in [1.82, 2.24) is 0 Å². The van der Waals surface area contributed by atoms with Crippen LogP contribution >= 0.6 is 11.6 Å². The van der Waals surface area contributed by atoms with Crippen molar-refractivity contribution in [1.29, 1.82) is 0 Å². The highest BCUT2D eigenvalue weighted by Crippen LogP contribution is 2.37. The molecule has 1 heterocycles. The highest BCUT2D eigenvalue weighted by atomic mass is 35.5. The van der Waals surface area contributed by atoms with E-state index in [2.05, 4.69) is 5.10 Å². The summed E-state index contributed by atoms with van der Waals surface area (Å²) < 4.78 is 5.17. The minimum atomic E-state index is -0.0936. The van der Waals surface area contributed by atoms with Crippen LogP contribution in [0.3, 0.4) is 0 Å². The summed E-state index contributed by atoms with van der Waals surface area (Å²) >= 11 is 6.06. The van der Waals surface area contributed by atoms with Crippen molar-refractivity contribution < 1.29 is 9.53 Å². The molecule has 2 rings (SSSR count). The number of anilines is 1. The van der Waals surface area contributed by atoms with Gasteiger partial charge in [-0.3, -0.25) is 4.79 Å². The van der Waals surface area contributed by atoms with Crippen LogP contribution in [0.5, 0.6) is 5.75 Å². The van der Waals surface area contributed by atoms with E-state index in [0.29, 0.717) is 22.9 Å². The van der Waals surface area contributed by atoms with Crippen LogP contribution in [0.25, 0.3) is 0 Å². The van der Waals surface area contributed by atoms with Gasteiger partial charge in [-0.25, -0.2) is 0 Å². The van der Waals surface area contributed by atoms with Crippen molar-refractivity contribution in [2.45, 2.75) is 13.3 Å². The summed E-state index contributed by atoms with van der Waals surface area (Å²) in [5.41, 5.74) is 1.28. The molecule has 0 atom stereocenters. The smallest absolute Gasteiger partial charge is 0.253 e. The molecule has 0 fully saturated rings. The van der Waals surface area contributed by atoms with E-state index in [9.17, 15) is 4.79 Å². The van der Waals surface area contributed by atoms with E-state index in [1.807, 2.05) is 0 Å². The molecule has 4 nitrogen and oxygen atoms in total. The Morgan fingerprint density at radius 2 is 2.25 bits per heavy atom. The molecule has 0 radical (unpaired) electrons. The summed E-state index contributed by atoms with van der Waals surface area (Å²) in [4.78, 5) is 11.7. The predicted molar refractivity (Wildman–Crippen MR) is 63.2 cm³/mol. The highest BCUT2D eigenvalue weighted by Gasteiger charge is 2.27. The number of rotatable bonds is 2. The van der Waals surface area contributed by atoms with Gasteiger partial charge in [-0.2, -0.15) is 10.1 Å². The summed E-state index contributed by atoms with van der Waals surface area (Å²) in [5.74, 6) is 0.447. The van der Waals surface area contributed by atoms with Crippen LogP contribution in [0.1, 0.15) is 13.3 Å². The van der Waals surface area contributed by atoms with E-state index in [-0.39, 0.29) is 5.91 Å². The summed E-state index contributed by atoms with van der Waals surface area (Å²) in [7, 11) is 1.53. The Morgan fingerprint density at radius 1 is 1.50 bits per heavy atom. The van der Waals surface area contributed by atoms with Gasteiger partial charge in [0, 0.05) is 5.71 Å². The molecule has 84 valence electrons. The molecule has 1 aliphatic heterocycles. The topological polar surface area (TPSA) is 41.9 Å². The number of halogens is 1. The van der Waals surface area contributed by atoms with E-state index in [1.54, 1.807) is 25.1 Å². The van der Waals surface area contributed by atoms with Crippen molar-refractivity contribution >= 4 is 28.9 Å². The van der Waals surface area contributed by atoms with Crippen molar-refractivity contribution in [3.63, 3.8) is 0 Å². The van der Waals surface area contributed by atoms with Gasteiger partial charge in [-0.1, -0.05) is 17.7 Å². The molecule has 0 bridgehead atoms. The second-order valence-electron chi connectivity index (χ2n) is 3.51. The standard InChI is InChI=1S/C11H11ClN2O2/c1-7-6-10(15)14(13-7)11-8(12)4-3-5-9(11)16-2/h3-5H,6H2,1-2H3. The molecule has 0 unspecified atom stereocenters. The number of benzene rings is 1. The lowest BCUT2D eigenvalue weighted by atomic mass is 10.2. The number of methoxy groups -OCH3 is 1. The molecular formula is C11H11ClN2O2. The van der Waals surface area contributed by atoms with Crippen LogP contribution in [0.4, 0.5) is 5.69 Å². The Kier molecular flexibility index (Phi) is 2.83. The fourth-order valence-corrected chi connectivity index (χ4v) is 1.84. The first-order valence-corrected chi connectivity index (χ1v) is 5.21. The number of ether oxygens (including phenoxy) is 1. The summed E-state index contributed by atoms with van der Waals surface area (Å²) in [6.45, 7) is 1.81. The summed E-state index contributed by atoms with van der Waals surface area (Å²) in [6.07, 6.45) is 0.328. The Labute approximate surface area is 98.5 Å². The van der Waals surface area contributed by atoms with Crippen LogP contribution in [-0.4, -0.2) is 18.7 Å². The van der Waals surface area contributed by atoms with Crippen molar-refractivity contribution in [2.75, 3.05) is 12.1 Å². The van der Waals surface area contributed by atoms with Crippen molar-refractivity contribution in [3.8, 4) is 5.75 Å². The van der Waals surface area contributed by atoms with E-state index in [4.69, 9.17) is 16.3 Å². The number of carbonyl (C=O) groups is 1. The third-order valence-electron chi connectivity index (χ3n) is 2.30. The van der Waals surface area contributed by atoms with Gasteiger partial charge < -0.3 is 4.74 Å². The first kappa shape index (κ1) is 11.0. The SMILES string of the molecule is COc1cccc(Cl)c1N1N=C(C)CC1=O. The van der Waals surface area contributed by atoms with Gasteiger partial charge in [-0.05, 0) is 19.1 Å². The molecule has 0 saturated carbocycles. The first-order valence-electron chi connectivity index (χ1n) is 4.83. The van der Waals surface area contributed by atoms with Crippen LogP contribution in [0, 0.1) is 0 Å². The monoisotopic (exact) mass is 238 g/mol. The maximum absolute atomic E-state index is 11.7. The summed E-state index contributed by atoms with van der Waals surface area (Å²) in [5, 5.41) is 5.90. The Balaban J connectivity index is 2.51. The predicted octanol–water partition coefficient (Wildman–Crippen LogP) is 2.46. The fourth-order valence-electron chi connectivity index (χ4n) is 1.60. The third-order valence-corrected chi connectivity index (χ3v) is 2.60. The van der Waals surface area contributed by atoms with E-state index in [0.717, 1.165) is 5.71 Å². The number of nitrogens with zero attached hydrogens (tertiary/aromatic N) is 2. The number of hydrogen-bond acceptors (Lipinski definition) is 3.